The lowest BCUT2D eigenvalue weighted by Gasteiger charge is -2.34. The maximum absolute atomic E-state index is 12.3. The van der Waals surface area contributed by atoms with Crippen LogP contribution < -0.4 is 5.32 Å². The van der Waals surface area contributed by atoms with Crippen LogP contribution in [0.1, 0.15) is 11.1 Å². The van der Waals surface area contributed by atoms with E-state index in [1.807, 2.05) is 42.5 Å². The van der Waals surface area contributed by atoms with Gasteiger partial charge in [-0.15, -0.1) is 0 Å². The highest BCUT2D eigenvalue weighted by Crippen LogP contribution is 2.10. The van der Waals surface area contributed by atoms with Gasteiger partial charge in [0.15, 0.2) is 0 Å². The van der Waals surface area contributed by atoms with Gasteiger partial charge in [0, 0.05) is 45.5 Å². The lowest BCUT2D eigenvalue weighted by Crippen LogP contribution is -2.44. The predicted molar refractivity (Wildman–Crippen MR) is 110 cm³/mol. The Morgan fingerprint density at radius 2 is 1.57 bits per heavy atom. The van der Waals surface area contributed by atoms with Crippen LogP contribution in [-0.4, -0.2) is 48.4 Å². The molecule has 0 radical (unpaired) electrons. The molecule has 3 rings (SSSR count). The number of hydrogen-bond acceptors (Lipinski definition) is 4. The van der Waals surface area contributed by atoms with Gasteiger partial charge in [-0.05, 0) is 17.5 Å². The van der Waals surface area contributed by atoms with Crippen molar-refractivity contribution in [3.8, 4) is 6.07 Å². The van der Waals surface area contributed by atoms with Crippen molar-refractivity contribution in [3.05, 3.63) is 83.6 Å². The number of nitrogens with zero attached hydrogens (tertiary/aromatic N) is 3. The molecular weight excluding hydrogens is 348 g/mol. The topological polar surface area (TPSA) is 59.4 Å². The Hall–Kier alpha value is -3.10. The van der Waals surface area contributed by atoms with E-state index in [-0.39, 0.29) is 11.5 Å². The largest absolute Gasteiger partial charge is 0.374 e. The third-order valence-electron chi connectivity index (χ3n) is 4.87. The summed E-state index contributed by atoms with van der Waals surface area (Å²) in [5.41, 5.74) is 2.64. The summed E-state index contributed by atoms with van der Waals surface area (Å²) in [6.07, 6.45) is 2.46. The zero-order chi connectivity index (χ0) is 19.6. The second-order valence-corrected chi connectivity index (χ2v) is 6.94. The molecule has 1 amide bonds. The number of nitrogens with one attached hydrogen (secondary N) is 1. The zero-order valence-corrected chi connectivity index (χ0v) is 16.1. The minimum atomic E-state index is -0.301. The van der Waals surface area contributed by atoms with Crippen molar-refractivity contribution in [2.24, 2.45) is 0 Å². The van der Waals surface area contributed by atoms with Crippen LogP contribution in [0.15, 0.2) is 72.4 Å². The maximum Gasteiger partial charge on any atom is 0.263 e. The molecule has 0 aromatic heterocycles. The summed E-state index contributed by atoms with van der Waals surface area (Å²) in [5.74, 6) is -0.301. The lowest BCUT2D eigenvalue weighted by atomic mass is 10.1. The number of carbonyl (C=O) groups is 1. The second kappa shape index (κ2) is 10.3. The molecule has 0 atom stereocenters. The van der Waals surface area contributed by atoms with Crippen molar-refractivity contribution in [1.82, 2.24) is 15.1 Å². The molecule has 0 unspecified atom stereocenters. The average molecular weight is 374 g/mol. The quantitative estimate of drug-likeness (QED) is 0.598. The Balaban J connectivity index is 1.45. The van der Waals surface area contributed by atoms with Crippen LogP contribution in [0.3, 0.4) is 0 Å². The summed E-state index contributed by atoms with van der Waals surface area (Å²) in [6, 6.07) is 22.5. The first-order valence-electron chi connectivity index (χ1n) is 9.69. The van der Waals surface area contributed by atoms with Gasteiger partial charge < -0.3 is 10.2 Å². The molecule has 0 saturated carbocycles. The van der Waals surface area contributed by atoms with Crippen LogP contribution in [0.2, 0.25) is 0 Å². The summed E-state index contributed by atoms with van der Waals surface area (Å²) in [6.45, 7) is 4.92. The van der Waals surface area contributed by atoms with Crippen LogP contribution in [-0.2, 0) is 17.8 Å². The lowest BCUT2D eigenvalue weighted by molar-refractivity contribution is -0.117. The molecular formula is C23H26N4O. The fraction of sp³-hybridized carbons (Fsp3) is 0.304. The minimum absolute atomic E-state index is 0.171. The van der Waals surface area contributed by atoms with Gasteiger partial charge in [-0.3, -0.25) is 9.69 Å². The third kappa shape index (κ3) is 5.97. The minimum Gasteiger partial charge on any atom is -0.374 e. The van der Waals surface area contributed by atoms with Crippen LogP contribution in [0.25, 0.3) is 0 Å². The van der Waals surface area contributed by atoms with Gasteiger partial charge in [0.05, 0.1) is 0 Å². The summed E-state index contributed by atoms with van der Waals surface area (Å²) in [4.78, 5) is 16.8. The first-order chi connectivity index (χ1) is 13.7. The molecule has 5 nitrogen and oxygen atoms in total. The van der Waals surface area contributed by atoms with E-state index < -0.39 is 0 Å². The normalized spacial score (nSPS) is 15.1. The molecule has 0 spiro atoms. The zero-order valence-electron chi connectivity index (χ0n) is 16.1. The SMILES string of the molecule is N#CC(=CN1CCN(Cc2ccccc2)CC1)C(=O)NCCc1ccccc1. The Labute approximate surface area is 166 Å². The van der Waals surface area contributed by atoms with Crippen molar-refractivity contribution in [2.45, 2.75) is 13.0 Å². The van der Waals surface area contributed by atoms with E-state index in [9.17, 15) is 10.1 Å². The smallest absolute Gasteiger partial charge is 0.263 e. The van der Waals surface area contributed by atoms with Gasteiger partial charge >= 0.3 is 0 Å². The van der Waals surface area contributed by atoms with E-state index in [1.165, 1.54) is 11.1 Å². The van der Waals surface area contributed by atoms with E-state index >= 15 is 0 Å². The number of hydrogen-bond donors (Lipinski definition) is 1. The Morgan fingerprint density at radius 1 is 0.964 bits per heavy atom. The van der Waals surface area contributed by atoms with Crippen molar-refractivity contribution in [3.63, 3.8) is 0 Å². The van der Waals surface area contributed by atoms with Gasteiger partial charge in [0.1, 0.15) is 11.6 Å². The van der Waals surface area contributed by atoms with Gasteiger partial charge in [0.2, 0.25) is 0 Å². The fourth-order valence-corrected chi connectivity index (χ4v) is 3.27. The van der Waals surface area contributed by atoms with Gasteiger partial charge in [0.25, 0.3) is 5.91 Å². The third-order valence-corrected chi connectivity index (χ3v) is 4.87. The number of nitriles is 1. The summed E-state index contributed by atoms with van der Waals surface area (Å²) in [5, 5.41) is 12.2. The van der Waals surface area contributed by atoms with Crippen LogP contribution >= 0.6 is 0 Å². The molecule has 1 aliphatic heterocycles. The van der Waals surface area contributed by atoms with E-state index in [0.29, 0.717) is 6.54 Å². The fourth-order valence-electron chi connectivity index (χ4n) is 3.27. The molecule has 1 heterocycles. The number of carbonyl (C=O) groups excluding carboxylic acids is 1. The monoisotopic (exact) mass is 374 g/mol. The summed E-state index contributed by atoms with van der Waals surface area (Å²) in [7, 11) is 0. The predicted octanol–water partition coefficient (Wildman–Crippen LogP) is 2.57. The Kier molecular flexibility index (Phi) is 7.22. The number of rotatable bonds is 7. The molecule has 144 valence electrons. The standard InChI is InChI=1S/C23H26N4O/c24-17-22(23(28)25-12-11-20-7-3-1-4-8-20)19-27-15-13-26(14-16-27)18-21-9-5-2-6-10-21/h1-10,19H,11-16,18H2,(H,25,28). The van der Waals surface area contributed by atoms with Crippen molar-refractivity contribution >= 4 is 5.91 Å². The number of benzene rings is 2. The number of amides is 1. The van der Waals surface area contributed by atoms with Gasteiger partial charge in [-0.2, -0.15) is 5.26 Å². The number of piperazine rings is 1. The van der Waals surface area contributed by atoms with E-state index in [4.69, 9.17) is 0 Å². The van der Waals surface area contributed by atoms with Crippen LogP contribution in [0.5, 0.6) is 0 Å². The van der Waals surface area contributed by atoms with Crippen molar-refractivity contribution in [2.75, 3.05) is 32.7 Å². The molecule has 1 aliphatic rings. The molecule has 0 aliphatic carbocycles. The van der Waals surface area contributed by atoms with Crippen LogP contribution in [0, 0.1) is 11.3 Å². The van der Waals surface area contributed by atoms with E-state index in [0.717, 1.165) is 39.1 Å². The molecule has 1 saturated heterocycles. The van der Waals surface area contributed by atoms with Crippen molar-refractivity contribution < 1.29 is 4.79 Å². The van der Waals surface area contributed by atoms with Gasteiger partial charge in [-0.25, -0.2) is 0 Å². The molecule has 2 aromatic carbocycles. The highest BCUT2D eigenvalue weighted by atomic mass is 16.1. The highest BCUT2D eigenvalue weighted by molar-refractivity contribution is 5.97. The van der Waals surface area contributed by atoms with Crippen LogP contribution in [0.4, 0.5) is 0 Å². The molecule has 5 heteroatoms. The summed E-state index contributed by atoms with van der Waals surface area (Å²) >= 11 is 0. The van der Waals surface area contributed by atoms with E-state index in [1.54, 1.807) is 6.20 Å². The first-order valence-corrected chi connectivity index (χ1v) is 9.69. The first kappa shape index (κ1) is 19.7. The Bertz CT molecular complexity index is 819. The van der Waals surface area contributed by atoms with Gasteiger partial charge in [-0.1, -0.05) is 60.7 Å². The maximum atomic E-state index is 12.3. The van der Waals surface area contributed by atoms with Crippen molar-refractivity contribution in [1.29, 1.82) is 5.26 Å². The Morgan fingerprint density at radius 3 is 2.18 bits per heavy atom. The average Bonchev–Trinajstić information content (AvgIpc) is 2.74. The van der Waals surface area contributed by atoms with E-state index in [2.05, 4.69) is 39.4 Å². The molecule has 1 fully saturated rings. The highest BCUT2D eigenvalue weighted by Gasteiger charge is 2.17. The molecule has 2 aromatic rings. The summed E-state index contributed by atoms with van der Waals surface area (Å²) < 4.78 is 0. The molecule has 0 bridgehead atoms. The second-order valence-electron chi connectivity index (χ2n) is 6.94. The molecule has 1 N–H and O–H groups in total. The molecule has 28 heavy (non-hydrogen) atoms.